The maximum atomic E-state index is 12.8. The van der Waals surface area contributed by atoms with E-state index in [1.54, 1.807) is 19.2 Å². The van der Waals surface area contributed by atoms with Crippen molar-refractivity contribution in [3.8, 4) is 11.8 Å². The molecule has 34 heavy (non-hydrogen) atoms. The molecule has 7 nitrogen and oxygen atoms in total. The van der Waals surface area contributed by atoms with Crippen molar-refractivity contribution in [1.82, 2.24) is 9.55 Å². The minimum absolute atomic E-state index is 0.0968. The van der Waals surface area contributed by atoms with E-state index in [4.69, 9.17) is 0 Å². The van der Waals surface area contributed by atoms with E-state index in [0.29, 0.717) is 24.3 Å². The number of hydrogen-bond donors (Lipinski definition) is 0. The molecule has 0 amide bonds. The van der Waals surface area contributed by atoms with Crippen molar-refractivity contribution < 1.29 is 17.9 Å². The number of nitrogens with zero attached hydrogens (tertiary/aromatic N) is 5. The predicted molar refractivity (Wildman–Crippen MR) is 126 cm³/mol. The standard InChI is InChI=1S/C23H24F3N5O2S/c1-13-12-31(20-17(11-27)21(32)30(4)22-19(20)28-14(2)34-22)10-9-18(13)29(3)15-5-7-16(8-6-15)33-23(24,25)26/h5-8,13,18H,9-10,12H2,1-4H3/t13-,18+/m1/s1. The summed E-state index contributed by atoms with van der Waals surface area (Å²) in [6.45, 7) is 5.19. The maximum absolute atomic E-state index is 12.8. The predicted octanol–water partition coefficient (Wildman–Crippen LogP) is 4.42. The van der Waals surface area contributed by atoms with Crippen LogP contribution in [0.3, 0.4) is 0 Å². The molecule has 1 aliphatic heterocycles. The van der Waals surface area contributed by atoms with Crippen molar-refractivity contribution in [2.24, 2.45) is 13.0 Å². The molecule has 180 valence electrons. The largest absolute Gasteiger partial charge is 0.573 e. The summed E-state index contributed by atoms with van der Waals surface area (Å²) in [6, 6.07) is 8.03. The highest BCUT2D eigenvalue weighted by atomic mass is 32.1. The van der Waals surface area contributed by atoms with Gasteiger partial charge in [0.05, 0.1) is 10.7 Å². The van der Waals surface area contributed by atoms with E-state index in [2.05, 4.69) is 32.5 Å². The number of fused-ring (bicyclic) bond motifs is 1. The zero-order chi connectivity index (χ0) is 24.8. The summed E-state index contributed by atoms with van der Waals surface area (Å²) in [5.41, 5.74) is 1.80. The molecule has 0 N–H and O–H groups in total. The number of anilines is 2. The first-order valence-electron chi connectivity index (χ1n) is 10.7. The molecule has 0 aliphatic carbocycles. The molecule has 1 aromatic carbocycles. The molecular weight excluding hydrogens is 467 g/mol. The topological polar surface area (TPSA) is 74.4 Å². The number of halogens is 3. The van der Waals surface area contributed by atoms with Gasteiger partial charge in [-0.3, -0.25) is 4.79 Å². The van der Waals surface area contributed by atoms with Crippen molar-refractivity contribution >= 4 is 33.1 Å². The molecule has 3 heterocycles. The van der Waals surface area contributed by atoms with Gasteiger partial charge in [-0.2, -0.15) is 5.26 Å². The fourth-order valence-corrected chi connectivity index (χ4v) is 5.55. The average molecular weight is 492 g/mol. The number of thiazole rings is 1. The Morgan fingerprint density at radius 2 is 1.97 bits per heavy atom. The first-order chi connectivity index (χ1) is 16.0. The Labute approximate surface area is 198 Å². The Morgan fingerprint density at radius 1 is 1.29 bits per heavy atom. The van der Waals surface area contributed by atoms with Crippen LogP contribution in [0.5, 0.6) is 5.75 Å². The second-order valence-electron chi connectivity index (χ2n) is 8.52. The van der Waals surface area contributed by atoms with E-state index in [0.717, 1.165) is 21.9 Å². The summed E-state index contributed by atoms with van der Waals surface area (Å²) in [5, 5.41) is 10.6. The molecule has 1 aliphatic rings. The fraction of sp³-hybridized carbons (Fsp3) is 0.435. The molecule has 0 radical (unpaired) electrons. The molecule has 1 fully saturated rings. The van der Waals surface area contributed by atoms with Gasteiger partial charge in [0, 0.05) is 38.9 Å². The lowest BCUT2D eigenvalue weighted by Crippen LogP contribution is -2.49. The van der Waals surface area contributed by atoms with Crippen LogP contribution < -0.4 is 20.1 Å². The van der Waals surface area contributed by atoms with Crippen LogP contribution in [0.4, 0.5) is 24.5 Å². The lowest BCUT2D eigenvalue weighted by atomic mass is 9.91. The average Bonchev–Trinajstić information content (AvgIpc) is 3.16. The van der Waals surface area contributed by atoms with E-state index in [9.17, 15) is 23.2 Å². The van der Waals surface area contributed by atoms with E-state index >= 15 is 0 Å². The Kier molecular flexibility index (Phi) is 6.20. The fourth-order valence-electron chi connectivity index (χ4n) is 4.67. The number of piperidine rings is 1. The number of ether oxygens (including phenoxy) is 1. The number of alkyl halides is 3. The summed E-state index contributed by atoms with van der Waals surface area (Å²) in [4.78, 5) is 22.3. The summed E-state index contributed by atoms with van der Waals surface area (Å²) in [6.07, 6.45) is -3.99. The highest BCUT2D eigenvalue weighted by Crippen LogP contribution is 2.35. The Hall–Kier alpha value is -3.26. The molecule has 0 spiro atoms. The summed E-state index contributed by atoms with van der Waals surface area (Å²) in [5.74, 6) is -0.111. The summed E-state index contributed by atoms with van der Waals surface area (Å²) >= 11 is 1.43. The highest BCUT2D eigenvalue weighted by molar-refractivity contribution is 7.18. The van der Waals surface area contributed by atoms with E-state index in [-0.39, 0.29) is 28.8 Å². The van der Waals surface area contributed by atoms with Crippen molar-refractivity contribution in [2.45, 2.75) is 32.7 Å². The van der Waals surface area contributed by atoms with Crippen molar-refractivity contribution in [1.29, 1.82) is 5.26 Å². The third kappa shape index (κ3) is 4.42. The first-order valence-corrected chi connectivity index (χ1v) is 11.6. The normalized spacial score (nSPS) is 18.7. The number of hydrogen-bond acceptors (Lipinski definition) is 7. The Bertz CT molecular complexity index is 1310. The van der Waals surface area contributed by atoms with Crippen molar-refractivity contribution in [3.05, 3.63) is 45.2 Å². The second-order valence-corrected chi connectivity index (χ2v) is 9.70. The van der Waals surface area contributed by atoms with Crippen LogP contribution in [0.2, 0.25) is 0 Å². The summed E-state index contributed by atoms with van der Waals surface area (Å²) < 4.78 is 42.8. The Morgan fingerprint density at radius 3 is 2.56 bits per heavy atom. The number of aryl methyl sites for hydroxylation is 2. The summed E-state index contributed by atoms with van der Waals surface area (Å²) in [7, 11) is 3.57. The number of nitriles is 1. The zero-order valence-electron chi connectivity index (χ0n) is 19.2. The Balaban J connectivity index is 1.58. The molecule has 0 saturated carbocycles. The molecule has 11 heteroatoms. The molecule has 2 atom stereocenters. The maximum Gasteiger partial charge on any atom is 0.573 e. The first kappa shape index (κ1) is 23.9. The molecule has 3 aromatic rings. The third-order valence-electron chi connectivity index (χ3n) is 6.26. The van der Waals surface area contributed by atoms with Gasteiger partial charge in [0.1, 0.15) is 27.7 Å². The molecular formula is C23H24F3N5O2S. The number of rotatable bonds is 4. The molecule has 1 saturated heterocycles. The highest BCUT2D eigenvalue weighted by Gasteiger charge is 2.33. The molecule has 2 aromatic heterocycles. The third-order valence-corrected chi connectivity index (χ3v) is 7.31. The smallest absolute Gasteiger partial charge is 0.406 e. The van der Waals surface area contributed by atoms with Gasteiger partial charge in [-0.15, -0.1) is 24.5 Å². The SMILES string of the molecule is Cc1nc2c(N3CC[C@H](N(C)c4ccc(OC(F)(F)F)cc4)[C@H](C)C3)c(C#N)c(=O)n(C)c2s1. The monoisotopic (exact) mass is 491 g/mol. The van der Waals surface area contributed by atoms with E-state index < -0.39 is 6.36 Å². The van der Waals surface area contributed by atoms with Crippen LogP contribution in [0.1, 0.15) is 23.9 Å². The van der Waals surface area contributed by atoms with Gasteiger partial charge in [-0.05, 0) is 43.5 Å². The van der Waals surface area contributed by atoms with E-state index in [1.165, 1.54) is 28.0 Å². The number of pyridine rings is 1. The second kappa shape index (κ2) is 8.83. The van der Waals surface area contributed by atoms with Crippen LogP contribution in [0, 0.1) is 24.2 Å². The van der Waals surface area contributed by atoms with Gasteiger partial charge in [-0.1, -0.05) is 6.92 Å². The van der Waals surface area contributed by atoms with Crippen molar-refractivity contribution in [3.63, 3.8) is 0 Å². The van der Waals surface area contributed by atoms with Gasteiger partial charge in [0.25, 0.3) is 5.56 Å². The quantitative estimate of drug-likeness (QED) is 0.538. The lowest BCUT2D eigenvalue weighted by molar-refractivity contribution is -0.274. The van der Waals surface area contributed by atoms with Gasteiger partial charge in [0.2, 0.25) is 0 Å². The minimum atomic E-state index is -4.73. The minimum Gasteiger partial charge on any atom is -0.406 e. The molecule has 4 rings (SSSR count). The van der Waals surface area contributed by atoms with Gasteiger partial charge in [-0.25, -0.2) is 4.98 Å². The van der Waals surface area contributed by atoms with Crippen LogP contribution >= 0.6 is 11.3 Å². The van der Waals surface area contributed by atoms with Gasteiger partial charge < -0.3 is 19.1 Å². The van der Waals surface area contributed by atoms with Crippen LogP contribution in [-0.4, -0.2) is 42.1 Å². The van der Waals surface area contributed by atoms with Gasteiger partial charge >= 0.3 is 6.36 Å². The van der Waals surface area contributed by atoms with Crippen molar-refractivity contribution in [2.75, 3.05) is 29.9 Å². The van der Waals surface area contributed by atoms with Crippen LogP contribution in [-0.2, 0) is 7.05 Å². The number of aromatic nitrogens is 2. The van der Waals surface area contributed by atoms with Gasteiger partial charge in [0.15, 0.2) is 0 Å². The van der Waals surface area contributed by atoms with Crippen LogP contribution in [0.25, 0.3) is 10.3 Å². The molecule has 0 unspecified atom stereocenters. The van der Waals surface area contributed by atoms with Crippen LogP contribution in [0.15, 0.2) is 29.1 Å². The zero-order valence-corrected chi connectivity index (χ0v) is 20.0. The lowest BCUT2D eigenvalue weighted by Gasteiger charge is -2.43. The molecule has 0 bridgehead atoms. The van der Waals surface area contributed by atoms with E-state index in [1.807, 2.05) is 14.0 Å². The number of benzene rings is 1.